The summed E-state index contributed by atoms with van der Waals surface area (Å²) in [4.78, 5) is 11.1. The largest absolute Gasteiger partial charge is 0.466 e. The lowest BCUT2D eigenvalue weighted by Gasteiger charge is -2.34. The van der Waals surface area contributed by atoms with Crippen molar-refractivity contribution in [2.45, 2.75) is 45.8 Å². The summed E-state index contributed by atoms with van der Waals surface area (Å²) in [6.45, 7) is 6.68. The Labute approximate surface area is 120 Å². The number of carbonyl (C=O) groups is 1. The van der Waals surface area contributed by atoms with Crippen molar-refractivity contribution < 1.29 is 22.7 Å². The van der Waals surface area contributed by atoms with Crippen LogP contribution in [0.2, 0.25) is 0 Å². The first-order chi connectivity index (χ1) is 9.35. The van der Waals surface area contributed by atoms with Crippen LogP contribution in [0.3, 0.4) is 0 Å². The molecule has 0 amide bonds. The van der Waals surface area contributed by atoms with Crippen LogP contribution in [0, 0.1) is 0 Å². The summed E-state index contributed by atoms with van der Waals surface area (Å²) in [5.74, 6) is -0.305. The van der Waals surface area contributed by atoms with E-state index in [0.29, 0.717) is 26.1 Å². The van der Waals surface area contributed by atoms with Gasteiger partial charge in [0.05, 0.1) is 18.8 Å². The van der Waals surface area contributed by atoms with Crippen LogP contribution in [0.1, 0.15) is 33.6 Å². The number of nitrogens with one attached hydrogen (secondary N) is 1. The van der Waals surface area contributed by atoms with Gasteiger partial charge in [-0.1, -0.05) is 0 Å². The predicted octanol–water partition coefficient (Wildman–Crippen LogP) is 0.273. The van der Waals surface area contributed by atoms with E-state index in [9.17, 15) is 13.2 Å². The Balaban J connectivity index is 2.36. The van der Waals surface area contributed by atoms with E-state index in [0.717, 1.165) is 0 Å². The van der Waals surface area contributed by atoms with Gasteiger partial charge in [0.2, 0.25) is 0 Å². The van der Waals surface area contributed by atoms with Crippen molar-refractivity contribution in [1.29, 1.82) is 0 Å². The predicted molar refractivity (Wildman–Crippen MR) is 74.4 cm³/mol. The Morgan fingerprint density at radius 3 is 2.50 bits per heavy atom. The van der Waals surface area contributed by atoms with Gasteiger partial charge in [-0.25, -0.2) is 4.72 Å². The molecule has 1 heterocycles. The van der Waals surface area contributed by atoms with Gasteiger partial charge >= 0.3 is 5.97 Å². The SMILES string of the molecule is CCOC(=O)CCCNS(=O)(=O)N1C[C@@H](C)O[C@@H](C)C1. The number of hydrogen-bond donors (Lipinski definition) is 1. The molecule has 7 nitrogen and oxygen atoms in total. The van der Waals surface area contributed by atoms with Gasteiger partial charge in [-0.3, -0.25) is 4.79 Å². The summed E-state index contributed by atoms with van der Waals surface area (Å²) in [5, 5.41) is 0. The fourth-order valence-corrected chi connectivity index (χ4v) is 3.48. The molecule has 0 aliphatic carbocycles. The first-order valence-corrected chi connectivity index (χ1v) is 8.35. The lowest BCUT2D eigenvalue weighted by atomic mass is 10.3. The highest BCUT2D eigenvalue weighted by Gasteiger charge is 2.30. The number of nitrogens with zero attached hydrogens (tertiary/aromatic N) is 1. The molecule has 20 heavy (non-hydrogen) atoms. The maximum atomic E-state index is 12.1. The molecule has 2 atom stereocenters. The standard InChI is InChI=1S/C12H24N2O5S/c1-4-18-12(15)6-5-7-13-20(16,17)14-8-10(2)19-11(3)9-14/h10-11,13H,4-9H2,1-3H3/t10-,11+. The van der Waals surface area contributed by atoms with Crippen molar-refractivity contribution in [3.05, 3.63) is 0 Å². The molecule has 0 bridgehead atoms. The van der Waals surface area contributed by atoms with Gasteiger partial charge in [0.1, 0.15) is 0 Å². The van der Waals surface area contributed by atoms with Gasteiger partial charge < -0.3 is 9.47 Å². The number of carbonyl (C=O) groups excluding carboxylic acids is 1. The van der Waals surface area contributed by atoms with E-state index in [1.54, 1.807) is 6.92 Å². The minimum absolute atomic E-state index is 0.116. The molecule has 0 saturated carbocycles. The van der Waals surface area contributed by atoms with Gasteiger partial charge in [0, 0.05) is 26.1 Å². The van der Waals surface area contributed by atoms with E-state index < -0.39 is 10.2 Å². The molecule has 0 aromatic heterocycles. The summed E-state index contributed by atoms with van der Waals surface area (Å²) >= 11 is 0. The van der Waals surface area contributed by atoms with Crippen LogP contribution < -0.4 is 4.72 Å². The lowest BCUT2D eigenvalue weighted by Crippen LogP contribution is -2.52. The average molecular weight is 308 g/mol. The third-order valence-corrected chi connectivity index (χ3v) is 4.42. The topological polar surface area (TPSA) is 84.9 Å². The van der Waals surface area contributed by atoms with Crippen molar-refractivity contribution >= 4 is 16.2 Å². The molecule has 0 aromatic carbocycles. The minimum Gasteiger partial charge on any atom is -0.466 e. The van der Waals surface area contributed by atoms with Gasteiger partial charge in [-0.05, 0) is 27.2 Å². The zero-order chi connectivity index (χ0) is 15.2. The molecule has 1 aliphatic rings. The Bertz CT molecular complexity index is 402. The summed E-state index contributed by atoms with van der Waals surface area (Å²) in [7, 11) is -3.51. The molecule has 1 N–H and O–H groups in total. The second-order valence-corrected chi connectivity index (χ2v) is 6.64. The van der Waals surface area contributed by atoms with E-state index >= 15 is 0 Å². The zero-order valence-corrected chi connectivity index (χ0v) is 13.1. The number of rotatable bonds is 7. The quantitative estimate of drug-likeness (QED) is 0.539. The van der Waals surface area contributed by atoms with Crippen LogP contribution >= 0.6 is 0 Å². The molecular weight excluding hydrogens is 284 g/mol. The van der Waals surface area contributed by atoms with Gasteiger partial charge in [0.25, 0.3) is 10.2 Å². The Morgan fingerprint density at radius 1 is 1.35 bits per heavy atom. The van der Waals surface area contributed by atoms with Crippen LogP contribution in [0.5, 0.6) is 0 Å². The molecule has 1 saturated heterocycles. The Morgan fingerprint density at radius 2 is 1.95 bits per heavy atom. The van der Waals surface area contributed by atoms with Gasteiger partial charge in [0.15, 0.2) is 0 Å². The van der Waals surface area contributed by atoms with Crippen molar-refractivity contribution in [2.24, 2.45) is 0 Å². The van der Waals surface area contributed by atoms with E-state index in [1.807, 2.05) is 13.8 Å². The van der Waals surface area contributed by atoms with Crippen molar-refractivity contribution in [1.82, 2.24) is 9.03 Å². The minimum atomic E-state index is -3.51. The molecular formula is C12H24N2O5S. The second-order valence-electron chi connectivity index (χ2n) is 4.88. The smallest absolute Gasteiger partial charge is 0.305 e. The fourth-order valence-electron chi connectivity index (χ4n) is 2.09. The molecule has 8 heteroatoms. The van der Waals surface area contributed by atoms with Crippen molar-refractivity contribution in [3.63, 3.8) is 0 Å². The number of ether oxygens (including phenoxy) is 2. The van der Waals surface area contributed by atoms with Crippen LogP contribution in [0.15, 0.2) is 0 Å². The Kier molecular flexibility index (Phi) is 6.87. The van der Waals surface area contributed by atoms with Crippen LogP contribution in [0.4, 0.5) is 0 Å². The summed E-state index contributed by atoms with van der Waals surface area (Å²) in [6.07, 6.45) is 0.407. The highest BCUT2D eigenvalue weighted by Crippen LogP contribution is 2.13. The maximum Gasteiger partial charge on any atom is 0.305 e. The number of hydrogen-bond acceptors (Lipinski definition) is 5. The van der Waals surface area contributed by atoms with Crippen LogP contribution in [-0.2, 0) is 24.5 Å². The third-order valence-electron chi connectivity index (χ3n) is 2.87. The first-order valence-electron chi connectivity index (χ1n) is 6.91. The number of esters is 1. The summed E-state index contributed by atoms with van der Waals surface area (Å²) < 4.78 is 38.3. The van der Waals surface area contributed by atoms with Crippen LogP contribution in [0.25, 0.3) is 0 Å². The molecule has 0 aromatic rings. The lowest BCUT2D eigenvalue weighted by molar-refractivity contribution is -0.143. The van der Waals surface area contributed by atoms with Gasteiger partial charge in [-0.15, -0.1) is 0 Å². The highest BCUT2D eigenvalue weighted by molar-refractivity contribution is 7.87. The molecule has 0 spiro atoms. The monoisotopic (exact) mass is 308 g/mol. The second kappa shape index (κ2) is 7.92. The van der Waals surface area contributed by atoms with Crippen molar-refractivity contribution in [3.8, 4) is 0 Å². The van der Waals surface area contributed by atoms with E-state index in [4.69, 9.17) is 9.47 Å². The summed E-state index contributed by atoms with van der Waals surface area (Å²) in [6, 6.07) is 0. The number of morpholine rings is 1. The van der Waals surface area contributed by atoms with Crippen LogP contribution in [-0.4, -0.2) is 57.1 Å². The molecule has 0 unspecified atom stereocenters. The highest BCUT2D eigenvalue weighted by atomic mass is 32.2. The zero-order valence-electron chi connectivity index (χ0n) is 12.3. The van der Waals surface area contributed by atoms with E-state index in [1.165, 1.54) is 4.31 Å². The molecule has 1 fully saturated rings. The fraction of sp³-hybridized carbons (Fsp3) is 0.917. The molecule has 118 valence electrons. The molecule has 0 radical (unpaired) electrons. The Hall–Kier alpha value is -0.700. The van der Waals surface area contributed by atoms with E-state index in [2.05, 4.69) is 4.72 Å². The molecule has 1 aliphatic heterocycles. The normalized spacial score (nSPS) is 24.6. The summed E-state index contributed by atoms with van der Waals surface area (Å²) in [5.41, 5.74) is 0. The van der Waals surface area contributed by atoms with E-state index in [-0.39, 0.29) is 31.1 Å². The maximum absolute atomic E-state index is 12.1. The first kappa shape index (κ1) is 17.4. The third kappa shape index (κ3) is 5.74. The average Bonchev–Trinajstić information content (AvgIpc) is 2.34. The molecule has 1 rings (SSSR count). The van der Waals surface area contributed by atoms with Crippen molar-refractivity contribution in [2.75, 3.05) is 26.2 Å². The van der Waals surface area contributed by atoms with Gasteiger partial charge in [-0.2, -0.15) is 12.7 Å².